The second kappa shape index (κ2) is 6.87. The molecule has 25 heavy (non-hydrogen) atoms. The van der Waals surface area contributed by atoms with Gasteiger partial charge in [-0.15, -0.1) is 0 Å². The van der Waals surface area contributed by atoms with Crippen LogP contribution in [0.4, 0.5) is 5.69 Å². The van der Waals surface area contributed by atoms with Crippen molar-refractivity contribution in [3.8, 4) is 0 Å². The van der Waals surface area contributed by atoms with Crippen LogP contribution in [0.15, 0.2) is 48.8 Å². The minimum atomic E-state index is 0.191. The summed E-state index contributed by atoms with van der Waals surface area (Å²) in [5, 5.41) is 0. The second-order valence-electron chi connectivity index (χ2n) is 7.19. The molecular formula is C21H25N3O. The van der Waals surface area contributed by atoms with E-state index in [1.807, 2.05) is 18.5 Å². The van der Waals surface area contributed by atoms with Gasteiger partial charge in [-0.05, 0) is 42.9 Å². The number of hydrogen-bond donors (Lipinski definition) is 0. The SMILES string of the molecule is Cc1cnccc1N1CCCN(C(=O)[C@@H]2C[C@H]2c2ccccc2)CC1. The Balaban J connectivity index is 1.38. The Hall–Kier alpha value is -2.36. The first-order valence-electron chi connectivity index (χ1n) is 9.23. The first-order chi connectivity index (χ1) is 12.2. The largest absolute Gasteiger partial charge is 0.369 e. The highest BCUT2D eigenvalue weighted by molar-refractivity contribution is 5.83. The maximum atomic E-state index is 12.9. The lowest BCUT2D eigenvalue weighted by Crippen LogP contribution is -2.36. The van der Waals surface area contributed by atoms with Crippen molar-refractivity contribution >= 4 is 11.6 Å². The van der Waals surface area contributed by atoms with Crippen molar-refractivity contribution in [2.45, 2.75) is 25.7 Å². The minimum Gasteiger partial charge on any atom is -0.369 e. The zero-order valence-corrected chi connectivity index (χ0v) is 14.8. The molecule has 1 saturated heterocycles. The average Bonchev–Trinajstić information content (AvgIpc) is 3.46. The molecule has 0 spiro atoms. The molecule has 4 rings (SSSR count). The molecule has 2 aliphatic rings. The van der Waals surface area contributed by atoms with Crippen LogP contribution in [0.25, 0.3) is 0 Å². The smallest absolute Gasteiger partial charge is 0.226 e. The third kappa shape index (κ3) is 3.39. The number of hydrogen-bond acceptors (Lipinski definition) is 3. The Bertz CT molecular complexity index is 746. The average molecular weight is 335 g/mol. The lowest BCUT2D eigenvalue weighted by molar-refractivity contribution is -0.132. The van der Waals surface area contributed by atoms with E-state index in [9.17, 15) is 4.79 Å². The van der Waals surface area contributed by atoms with Gasteiger partial charge in [0.2, 0.25) is 5.91 Å². The molecule has 0 radical (unpaired) electrons. The van der Waals surface area contributed by atoms with Gasteiger partial charge in [0, 0.05) is 50.2 Å². The molecule has 1 aromatic carbocycles. The number of carbonyl (C=O) groups is 1. The predicted octanol–water partition coefficient (Wildman–Crippen LogP) is 3.23. The van der Waals surface area contributed by atoms with Crippen LogP contribution in [0.5, 0.6) is 0 Å². The van der Waals surface area contributed by atoms with E-state index in [0.29, 0.717) is 11.8 Å². The van der Waals surface area contributed by atoms with E-state index in [4.69, 9.17) is 0 Å². The quantitative estimate of drug-likeness (QED) is 0.864. The van der Waals surface area contributed by atoms with E-state index < -0.39 is 0 Å². The Morgan fingerprint density at radius 2 is 1.92 bits per heavy atom. The molecule has 1 saturated carbocycles. The third-order valence-electron chi connectivity index (χ3n) is 5.47. The molecule has 0 unspecified atom stereocenters. The van der Waals surface area contributed by atoms with Crippen molar-refractivity contribution < 1.29 is 4.79 Å². The molecule has 4 heteroatoms. The summed E-state index contributed by atoms with van der Waals surface area (Å²) >= 11 is 0. The fraction of sp³-hybridized carbons (Fsp3) is 0.429. The summed E-state index contributed by atoms with van der Waals surface area (Å²) in [5.74, 6) is 0.967. The van der Waals surface area contributed by atoms with E-state index in [2.05, 4.69) is 52.0 Å². The zero-order chi connectivity index (χ0) is 17.2. The Kier molecular flexibility index (Phi) is 4.43. The van der Waals surface area contributed by atoms with Gasteiger partial charge in [0.25, 0.3) is 0 Å². The van der Waals surface area contributed by atoms with Crippen LogP contribution in [-0.4, -0.2) is 42.0 Å². The molecule has 2 atom stereocenters. The number of aromatic nitrogens is 1. The van der Waals surface area contributed by atoms with Crippen molar-refractivity contribution in [3.05, 3.63) is 59.9 Å². The third-order valence-corrected chi connectivity index (χ3v) is 5.47. The molecule has 1 aromatic heterocycles. The molecule has 2 aromatic rings. The lowest BCUT2D eigenvalue weighted by atomic mass is 10.1. The zero-order valence-electron chi connectivity index (χ0n) is 14.8. The molecule has 0 N–H and O–H groups in total. The predicted molar refractivity (Wildman–Crippen MR) is 99.7 cm³/mol. The summed E-state index contributed by atoms with van der Waals surface area (Å²) in [7, 11) is 0. The molecule has 1 amide bonds. The number of anilines is 1. The van der Waals surface area contributed by atoms with Gasteiger partial charge < -0.3 is 9.80 Å². The van der Waals surface area contributed by atoms with Crippen LogP contribution < -0.4 is 4.90 Å². The van der Waals surface area contributed by atoms with Gasteiger partial charge in [-0.2, -0.15) is 0 Å². The maximum Gasteiger partial charge on any atom is 0.226 e. The van der Waals surface area contributed by atoms with E-state index in [0.717, 1.165) is 39.0 Å². The van der Waals surface area contributed by atoms with E-state index in [1.54, 1.807) is 0 Å². The highest BCUT2D eigenvalue weighted by Crippen LogP contribution is 2.48. The Labute approximate surface area is 149 Å². The van der Waals surface area contributed by atoms with Crippen LogP contribution in [0, 0.1) is 12.8 Å². The molecule has 1 aliphatic heterocycles. The number of nitrogens with zero attached hydrogens (tertiary/aromatic N) is 3. The van der Waals surface area contributed by atoms with Gasteiger partial charge in [-0.3, -0.25) is 9.78 Å². The Morgan fingerprint density at radius 1 is 1.08 bits per heavy atom. The second-order valence-corrected chi connectivity index (χ2v) is 7.19. The highest BCUT2D eigenvalue weighted by Gasteiger charge is 2.45. The van der Waals surface area contributed by atoms with Gasteiger partial charge in [-0.25, -0.2) is 0 Å². The number of pyridine rings is 1. The Morgan fingerprint density at radius 3 is 2.72 bits per heavy atom. The van der Waals surface area contributed by atoms with Gasteiger partial charge in [0.05, 0.1) is 0 Å². The standard InChI is InChI=1S/C21H25N3O/c1-16-15-22-9-8-20(16)23-10-5-11-24(13-12-23)21(25)19-14-18(19)17-6-3-2-4-7-17/h2-4,6-9,15,18-19H,5,10-14H2,1H3/t18-,19+/m0/s1. The summed E-state index contributed by atoms with van der Waals surface area (Å²) in [6.45, 7) is 5.70. The monoisotopic (exact) mass is 335 g/mol. The number of carbonyl (C=O) groups excluding carboxylic acids is 1. The summed E-state index contributed by atoms with van der Waals surface area (Å²) in [6, 6.07) is 12.5. The van der Waals surface area contributed by atoms with Crippen LogP contribution in [0.3, 0.4) is 0 Å². The number of aryl methyl sites for hydroxylation is 1. The molecule has 0 bridgehead atoms. The normalized spacial score (nSPS) is 23.2. The summed E-state index contributed by atoms with van der Waals surface area (Å²) < 4.78 is 0. The summed E-state index contributed by atoms with van der Waals surface area (Å²) in [4.78, 5) is 21.6. The van der Waals surface area contributed by atoms with E-state index in [-0.39, 0.29) is 5.92 Å². The van der Waals surface area contributed by atoms with Gasteiger partial charge in [-0.1, -0.05) is 30.3 Å². The first kappa shape index (κ1) is 16.1. The molecule has 2 heterocycles. The molecule has 4 nitrogen and oxygen atoms in total. The topological polar surface area (TPSA) is 36.4 Å². The fourth-order valence-corrected chi connectivity index (χ4v) is 3.97. The first-order valence-corrected chi connectivity index (χ1v) is 9.23. The number of benzene rings is 1. The van der Waals surface area contributed by atoms with Gasteiger partial charge >= 0.3 is 0 Å². The summed E-state index contributed by atoms with van der Waals surface area (Å²) in [6.07, 6.45) is 5.80. The number of rotatable bonds is 3. The van der Waals surface area contributed by atoms with Crippen LogP contribution in [0.2, 0.25) is 0 Å². The maximum absolute atomic E-state index is 12.9. The van der Waals surface area contributed by atoms with Crippen molar-refractivity contribution in [2.24, 2.45) is 5.92 Å². The summed E-state index contributed by atoms with van der Waals surface area (Å²) in [5.41, 5.74) is 3.76. The van der Waals surface area contributed by atoms with Gasteiger partial charge in [0.15, 0.2) is 0 Å². The lowest BCUT2D eigenvalue weighted by Gasteiger charge is -2.25. The van der Waals surface area contributed by atoms with Crippen LogP contribution in [0.1, 0.15) is 29.9 Å². The van der Waals surface area contributed by atoms with Crippen molar-refractivity contribution in [3.63, 3.8) is 0 Å². The van der Waals surface area contributed by atoms with Crippen LogP contribution >= 0.6 is 0 Å². The minimum absolute atomic E-state index is 0.191. The van der Waals surface area contributed by atoms with E-state index >= 15 is 0 Å². The number of amides is 1. The molecule has 1 aliphatic carbocycles. The van der Waals surface area contributed by atoms with E-state index in [1.165, 1.54) is 16.8 Å². The van der Waals surface area contributed by atoms with Crippen molar-refractivity contribution in [1.29, 1.82) is 0 Å². The molecule has 130 valence electrons. The van der Waals surface area contributed by atoms with Crippen molar-refractivity contribution in [1.82, 2.24) is 9.88 Å². The van der Waals surface area contributed by atoms with Crippen molar-refractivity contribution in [2.75, 3.05) is 31.1 Å². The fourth-order valence-electron chi connectivity index (χ4n) is 3.97. The molecular weight excluding hydrogens is 310 g/mol. The van der Waals surface area contributed by atoms with Crippen LogP contribution in [-0.2, 0) is 4.79 Å². The highest BCUT2D eigenvalue weighted by atomic mass is 16.2. The van der Waals surface area contributed by atoms with Gasteiger partial charge in [0.1, 0.15) is 0 Å². The molecule has 2 fully saturated rings.